The fourth-order valence-corrected chi connectivity index (χ4v) is 4.48. The van der Waals surface area contributed by atoms with Gasteiger partial charge in [0.05, 0.1) is 6.54 Å². The number of hydrogen-bond donors (Lipinski definition) is 2. The molecule has 162 valence electrons. The standard InChI is InChI=1S/C21H39N5S.HI/c1-5-22-21(24-18(4)9-8-13-25(6-2)7-3)23-12-15-26-14-10-20-19(17-26)11-16-27-20;/h11,16,18H,5-10,12-15,17H2,1-4H3,(H2,22,23,24);1H. The minimum absolute atomic E-state index is 0. The van der Waals surface area contributed by atoms with Crippen molar-refractivity contribution in [2.45, 2.75) is 59.5 Å². The van der Waals surface area contributed by atoms with E-state index in [0.29, 0.717) is 6.04 Å². The quantitative estimate of drug-likeness (QED) is 0.264. The number of guanidine groups is 1. The number of aliphatic imine (C=N–C) groups is 1. The molecule has 0 spiro atoms. The van der Waals surface area contributed by atoms with Crippen LogP contribution in [-0.2, 0) is 13.0 Å². The average Bonchev–Trinajstić information content (AvgIpc) is 3.13. The molecule has 1 atom stereocenters. The Labute approximate surface area is 193 Å². The van der Waals surface area contributed by atoms with Gasteiger partial charge in [-0.15, -0.1) is 35.3 Å². The zero-order chi connectivity index (χ0) is 19.5. The first-order valence-electron chi connectivity index (χ1n) is 10.7. The largest absolute Gasteiger partial charge is 0.357 e. The first-order chi connectivity index (χ1) is 13.2. The molecule has 0 aromatic carbocycles. The molecule has 2 rings (SSSR count). The Balaban J connectivity index is 0.00000392. The van der Waals surface area contributed by atoms with Crippen molar-refractivity contribution in [2.75, 3.05) is 45.8 Å². The van der Waals surface area contributed by atoms with E-state index in [1.165, 1.54) is 31.4 Å². The molecule has 28 heavy (non-hydrogen) atoms. The SMILES string of the molecule is CCNC(=NCCN1CCc2sccc2C1)NC(C)CCCN(CC)CC.I. The molecule has 1 aromatic heterocycles. The van der Waals surface area contributed by atoms with Gasteiger partial charge >= 0.3 is 0 Å². The zero-order valence-electron chi connectivity index (χ0n) is 18.2. The number of rotatable bonds is 11. The lowest BCUT2D eigenvalue weighted by molar-refractivity contribution is 0.263. The summed E-state index contributed by atoms with van der Waals surface area (Å²) < 4.78 is 0. The van der Waals surface area contributed by atoms with Crippen molar-refractivity contribution in [3.05, 3.63) is 21.9 Å². The minimum Gasteiger partial charge on any atom is -0.357 e. The van der Waals surface area contributed by atoms with Gasteiger partial charge in [-0.05, 0) is 69.8 Å². The van der Waals surface area contributed by atoms with Gasteiger partial charge < -0.3 is 15.5 Å². The van der Waals surface area contributed by atoms with Crippen molar-refractivity contribution in [2.24, 2.45) is 4.99 Å². The average molecular weight is 522 g/mol. The van der Waals surface area contributed by atoms with Crippen LogP contribution in [0.3, 0.4) is 0 Å². The van der Waals surface area contributed by atoms with E-state index < -0.39 is 0 Å². The number of hydrogen-bond acceptors (Lipinski definition) is 4. The second-order valence-electron chi connectivity index (χ2n) is 7.37. The first kappa shape index (κ1) is 25.7. The fourth-order valence-electron chi connectivity index (χ4n) is 3.59. The van der Waals surface area contributed by atoms with E-state index in [1.54, 1.807) is 4.88 Å². The topological polar surface area (TPSA) is 42.9 Å². The normalized spacial score (nSPS) is 15.8. The van der Waals surface area contributed by atoms with Gasteiger partial charge in [-0.1, -0.05) is 13.8 Å². The Bertz CT molecular complexity index is 559. The van der Waals surface area contributed by atoms with E-state index in [4.69, 9.17) is 4.99 Å². The second kappa shape index (κ2) is 14.6. The summed E-state index contributed by atoms with van der Waals surface area (Å²) in [5.41, 5.74) is 1.52. The molecule has 1 aliphatic heterocycles. The maximum Gasteiger partial charge on any atom is 0.191 e. The van der Waals surface area contributed by atoms with Gasteiger partial charge in [-0.3, -0.25) is 9.89 Å². The van der Waals surface area contributed by atoms with Crippen molar-refractivity contribution in [3.8, 4) is 0 Å². The van der Waals surface area contributed by atoms with Crippen LogP contribution >= 0.6 is 35.3 Å². The number of fused-ring (bicyclic) bond motifs is 1. The summed E-state index contributed by atoms with van der Waals surface area (Å²) in [5.74, 6) is 0.959. The van der Waals surface area contributed by atoms with Gasteiger partial charge in [0.2, 0.25) is 0 Å². The molecular weight excluding hydrogens is 481 g/mol. The smallest absolute Gasteiger partial charge is 0.191 e. The summed E-state index contributed by atoms with van der Waals surface area (Å²) in [6, 6.07) is 2.72. The molecule has 0 aliphatic carbocycles. The van der Waals surface area contributed by atoms with Crippen LogP contribution in [0.15, 0.2) is 16.4 Å². The fraction of sp³-hybridized carbons (Fsp3) is 0.762. The maximum absolute atomic E-state index is 4.81. The zero-order valence-corrected chi connectivity index (χ0v) is 21.3. The molecule has 0 saturated heterocycles. The molecular formula is C21H40IN5S. The third-order valence-electron chi connectivity index (χ3n) is 5.31. The molecule has 0 bridgehead atoms. The highest BCUT2D eigenvalue weighted by atomic mass is 127. The summed E-state index contributed by atoms with van der Waals surface area (Å²) >= 11 is 1.90. The third-order valence-corrected chi connectivity index (χ3v) is 6.33. The molecule has 2 N–H and O–H groups in total. The van der Waals surface area contributed by atoms with Gasteiger partial charge in [-0.25, -0.2) is 0 Å². The Morgan fingerprint density at radius 2 is 2.11 bits per heavy atom. The highest BCUT2D eigenvalue weighted by Gasteiger charge is 2.16. The molecule has 1 aromatic rings. The van der Waals surface area contributed by atoms with Gasteiger partial charge in [0.15, 0.2) is 5.96 Å². The predicted octanol–water partition coefficient (Wildman–Crippen LogP) is 3.79. The van der Waals surface area contributed by atoms with E-state index >= 15 is 0 Å². The summed E-state index contributed by atoms with van der Waals surface area (Å²) in [4.78, 5) is 11.4. The highest BCUT2D eigenvalue weighted by Crippen LogP contribution is 2.23. The van der Waals surface area contributed by atoms with Crippen LogP contribution in [0.2, 0.25) is 0 Å². The number of thiophene rings is 1. The molecule has 0 fully saturated rings. The Morgan fingerprint density at radius 1 is 1.32 bits per heavy atom. The summed E-state index contributed by atoms with van der Waals surface area (Å²) in [6.45, 7) is 17.4. The van der Waals surface area contributed by atoms with Crippen molar-refractivity contribution < 1.29 is 0 Å². The monoisotopic (exact) mass is 521 g/mol. The van der Waals surface area contributed by atoms with E-state index in [-0.39, 0.29) is 24.0 Å². The van der Waals surface area contributed by atoms with Crippen LogP contribution < -0.4 is 10.6 Å². The number of nitrogens with one attached hydrogen (secondary N) is 2. The Hall–Kier alpha value is -0.380. The number of halogens is 1. The van der Waals surface area contributed by atoms with Gasteiger partial charge in [-0.2, -0.15) is 0 Å². The lowest BCUT2D eigenvalue weighted by Crippen LogP contribution is -2.43. The predicted molar refractivity (Wildman–Crippen MR) is 134 cm³/mol. The van der Waals surface area contributed by atoms with Gasteiger partial charge in [0.25, 0.3) is 0 Å². The van der Waals surface area contributed by atoms with Gasteiger partial charge in [0, 0.05) is 37.1 Å². The molecule has 1 unspecified atom stereocenters. The van der Waals surface area contributed by atoms with Crippen molar-refractivity contribution in [3.63, 3.8) is 0 Å². The van der Waals surface area contributed by atoms with Crippen molar-refractivity contribution in [1.82, 2.24) is 20.4 Å². The lowest BCUT2D eigenvalue weighted by atomic mass is 10.1. The van der Waals surface area contributed by atoms with Crippen LogP contribution in [-0.4, -0.2) is 67.6 Å². The van der Waals surface area contributed by atoms with Crippen LogP contribution in [0, 0.1) is 0 Å². The van der Waals surface area contributed by atoms with Crippen molar-refractivity contribution in [1.29, 1.82) is 0 Å². The number of nitrogens with zero attached hydrogens (tertiary/aromatic N) is 3. The maximum atomic E-state index is 4.81. The third kappa shape index (κ3) is 8.97. The summed E-state index contributed by atoms with van der Waals surface area (Å²) in [5, 5.41) is 9.20. The van der Waals surface area contributed by atoms with E-state index in [2.05, 4.69) is 59.6 Å². The summed E-state index contributed by atoms with van der Waals surface area (Å²) in [6.07, 6.45) is 3.60. The summed E-state index contributed by atoms with van der Waals surface area (Å²) in [7, 11) is 0. The van der Waals surface area contributed by atoms with E-state index in [0.717, 1.165) is 51.8 Å². The van der Waals surface area contributed by atoms with Crippen LogP contribution in [0.1, 0.15) is 51.0 Å². The second-order valence-corrected chi connectivity index (χ2v) is 8.37. The molecule has 5 nitrogen and oxygen atoms in total. The van der Waals surface area contributed by atoms with Gasteiger partial charge in [0.1, 0.15) is 0 Å². The molecule has 0 radical (unpaired) electrons. The molecule has 1 aliphatic rings. The Morgan fingerprint density at radius 3 is 2.82 bits per heavy atom. The first-order valence-corrected chi connectivity index (χ1v) is 11.6. The van der Waals surface area contributed by atoms with Crippen molar-refractivity contribution >= 4 is 41.3 Å². The van der Waals surface area contributed by atoms with Crippen LogP contribution in [0.5, 0.6) is 0 Å². The molecule has 0 saturated carbocycles. The van der Waals surface area contributed by atoms with Crippen LogP contribution in [0.4, 0.5) is 0 Å². The lowest BCUT2D eigenvalue weighted by Gasteiger charge is -2.26. The van der Waals surface area contributed by atoms with E-state index in [1.807, 2.05) is 11.3 Å². The van der Waals surface area contributed by atoms with Crippen LogP contribution in [0.25, 0.3) is 0 Å². The highest BCUT2D eigenvalue weighted by molar-refractivity contribution is 14.0. The van der Waals surface area contributed by atoms with E-state index in [9.17, 15) is 0 Å². The Kier molecular flexibility index (Phi) is 13.4. The minimum atomic E-state index is 0. The molecule has 7 heteroatoms. The molecule has 2 heterocycles. The molecule has 0 amide bonds.